The molecule has 1 N–H and O–H groups in total. The number of aryl methyl sites for hydroxylation is 2. The zero-order valence-electron chi connectivity index (χ0n) is 15.2. The van der Waals surface area contributed by atoms with E-state index in [-0.39, 0.29) is 0 Å². The minimum Gasteiger partial charge on any atom is -0.365 e. The van der Waals surface area contributed by atoms with Crippen molar-refractivity contribution in [2.75, 3.05) is 23.3 Å². The van der Waals surface area contributed by atoms with Crippen molar-refractivity contribution < 1.29 is 0 Å². The number of aromatic nitrogens is 4. The predicted octanol–water partition coefficient (Wildman–Crippen LogP) is 3.10. The number of piperidine rings is 1. The van der Waals surface area contributed by atoms with Gasteiger partial charge in [0.15, 0.2) is 5.82 Å². The second-order valence-electron chi connectivity index (χ2n) is 7.89. The van der Waals surface area contributed by atoms with E-state index in [2.05, 4.69) is 31.5 Å². The van der Waals surface area contributed by atoms with E-state index in [1.165, 1.54) is 36.9 Å². The van der Waals surface area contributed by atoms with Gasteiger partial charge in [-0.3, -0.25) is 0 Å². The van der Waals surface area contributed by atoms with Crippen molar-refractivity contribution >= 4 is 11.6 Å². The first kappa shape index (κ1) is 16.0. The van der Waals surface area contributed by atoms with Gasteiger partial charge in [-0.2, -0.15) is 5.10 Å². The maximum Gasteiger partial charge on any atom is 0.151 e. The molecule has 1 unspecified atom stereocenters. The number of anilines is 2. The van der Waals surface area contributed by atoms with Crippen molar-refractivity contribution in [3.63, 3.8) is 0 Å². The van der Waals surface area contributed by atoms with Crippen LogP contribution in [0.3, 0.4) is 0 Å². The molecule has 6 nitrogen and oxygen atoms in total. The summed E-state index contributed by atoms with van der Waals surface area (Å²) in [6.07, 6.45) is 11.4. The molecule has 0 amide bonds. The van der Waals surface area contributed by atoms with Crippen LogP contribution in [0.1, 0.15) is 61.5 Å². The molecule has 2 aromatic heterocycles. The molecule has 1 aliphatic heterocycles. The molecule has 5 rings (SSSR count). The SMILES string of the molecule is c1cc(NC2CCCN(c3cc4c(nn3)CCCC4)C2)nc(C2CC2)n1. The van der Waals surface area contributed by atoms with Gasteiger partial charge in [-0.1, -0.05) is 0 Å². The van der Waals surface area contributed by atoms with Crippen molar-refractivity contribution in [3.05, 3.63) is 35.4 Å². The molecular formula is C20H26N6. The van der Waals surface area contributed by atoms with E-state index in [4.69, 9.17) is 4.98 Å². The lowest BCUT2D eigenvalue weighted by Crippen LogP contribution is -2.43. The zero-order valence-corrected chi connectivity index (χ0v) is 15.2. The van der Waals surface area contributed by atoms with Crippen LogP contribution < -0.4 is 10.2 Å². The Kier molecular flexibility index (Phi) is 4.19. The van der Waals surface area contributed by atoms with E-state index >= 15 is 0 Å². The second-order valence-corrected chi connectivity index (χ2v) is 7.89. The van der Waals surface area contributed by atoms with Crippen molar-refractivity contribution in [2.45, 2.75) is 63.3 Å². The average molecular weight is 350 g/mol. The van der Waals surface area contributed by atoms with Gasteiger partial charge in [0.2, 0.25) is 0 Å². The maximum atomic E-state index is 4.72. The van der Waals surface area contributed by atoms with Crippen molar-refractivity contribution in [3.8, 4) is 0 Å². The quantitative estimate of drug-likeness (QED) is 0.914. The summed E-state index contributed by atoms with van der Waals surface area (Å²) < 4.78 is 0. The molecular weight excluding hydrogens is 324 g/mol. The fourth-order valence-electron chi connectivity index (χ4n) is 4.14. The molecule has 2 fully saturated rings. The average Bonchev–Trinajstić information content (AvgIpc) is 3.53. The Labute approximate surface area is 154 Å². The molecule has 3 aliphatic rings. The van der Waals surface area contributed by atoms with Gasteiger partial charge >= 0.3 is 0 Å². The number of nitrogens with zero attached hydrogens (tertiary/aromatic N) is 5. The second kappa shape index (κ2) is 6.82. The van der Waals surface area contributed by atoms with Gasteiger partial charge in [0, 0.05) is 31.2 Å². The highest BCUT2D eigenvalue weighted by Gasteiger charge is 2.27. The molecule has 1 atom stereocenters. The Balaban J connectivity index is 1.28. The van der Waals surface area contributed by atoms with Crippen molar-refractivity contribution in [2.24, 2.45) is 0 Å². The Morgan fingerprint density at radius 3 is 2.88 bits per heavy atom. The maximum absolute atomic E-state index is 4.72. The number of hydrogen-bond donors (Lipinski definition) is 1. The van der Waals surface area contributed by atoms with Crippen LogP contribution in [-0.4, -0.2) is 39.3 Å². The Morgan fingerprint density at radius 2 is 1.96 bits per heavy atom. The van der Waals surface area contributed by atoms with Gasteiger partial charge in [0.05, 0.1) is 5.69 Å². The lowest BCUT2D eigenvalue weighted by Gasteiger charge is -2.34. The summed E-state index contributed by atoms with van der Waals surface area (Å²) in [5.41, 5.74) is 2.61. The minimum atomic E-state index is 0.392. The zero-order chi connectivity index (χ0) is 17.3. The molecule has 1 saturated heterocycles. The fourth-order valence-corrected chi connectivity index (χ4v) is 4.14. The monoisotopic (exact) mass is 350 g/mol. The summed E-state index contributed by atoms with van der Waals surface area (Å²) in [7, 11) is 0. The summed E-state index contributed by atoms with van der Waals surface area (Å²) in [6, 6.07) is 4.66. The molecule has 6 heteroatoms. The molecule has 26 heavy (non-hydrogen) atoms. The lowest BCUT2D eigenvalue weighted by molar-refractivity contribution is 0.522. The Morgan fingerprint density at radius 1 is 1.04 bits per heavy atom. The first-order valence-electron chi connectivity index (χ1n) is 10.0. The van der Waals surface area contributed by atoms with Crippen LogP contribution >= 0.6 is 0 Å². The highest BCUT2D eigenvalue weighted by atomic mass is 15.3. The van der Waals surface area contributed by atoms with Crippen LogP contribution in [0.4, 0.5) is 11.6 Å². The van der Waals surface area contributed by atoms with Crippen LogP contribution in [0.25, 0.3) is 0 Å². The lowest BCUT2D eigenvalue weighted by atomic mass is 9.96. The molecule has 0 bridgehead atoms. The first-order chi connectivity index (χ1) is 12.8. The topological polar surface area (TPSA) is 66.8 Å². The first-order valence-corrected chi connectivity index (χ1v) is 10.0. The van der Waals surface area contributed by atoms with Gasteiger partial charge in [-0.05, 0) is 69.1 Å². The molecule has 0 aromatic carbocycles. The van der Waals surface area contributed by atoms with Crippen LogP contribution in [-0.2, 0) is 12.8 Å². The fraction of sp³-hybridized carbons (Fsp3) is 0.600. The van der Waals surface area contributed by atoms with Gasteiger partial charge in [0.1, 0.15) is 11.6 Å². The van der Waals surface area contributed by atoms with Crippen LogP contribution in [0, 0.1) is 0 Å². The van der Waals surface area contributed by atoms with E-state index in [1.807, 2.05) is 12.3 Å². The third-order valence-electron chi connectivity index (χ3n) is 5.77. The Hall–Kier alpha value is -2.24. The van der Waals surface area contributed by atoms with Gasteiger partial charge in [-0.15, -0.1) is 5.10 Å². The summed E-state index contributed by atoms with van der Waals surface area (Å²) in [5, 5.41) is 12.7. The third kappa shape index (κ3) is 3.37. The highest BCUT2D eigenvalue weighted by molar-refractivity contribution is 5.44. The Bertz CT molecular complexity index is 788. The van der Waals surface area contributed by atoms with E-state index < -0.39 is 0 Å². The third-order valence-corrected chi connectivity index (χ3v) is 5.77. The van der Waals surface area contributed by atoms with Crippen molar-refractivity contribution in [1.82, 2.24) is 20.2 Å². The summed E-state index contributed by atoms with van der Waals surface area (Å²) in [6.45, 7) is 2.01. The van der Waals surface area contributed by atoms with E-state index in [0.29, 0.717) is 12.0 Å². The molecule has 0 spiro atoms. The van der Waals surface area contributed by atoms with Gasteiger partial charge < -0.3 is 10.2 Å². The summed E-state index contributed by atoms with van der Waals surface area (Å²) >= 11 is 0. The molecule has 0 radical (unpaired) electrons. The normalized spacial score (nSPS) is 22.8. The van der Waals surface area contributed by atoms with Gasteiger partial charge in [-0.25, -0.2) is 9.97 Å². The molecule has 3 heterocycles. The van der Waals surface area contributed by atoms with Crippen LogP contribution in [0.15, 0.2) is 18.3 Å². The predicted molar refractivity (Wildman–Crippen MR) is 102 cm³/mol. The largest absolute Gasteiger partial charge is 0.365 e. The van der Waals surface area contributed by atoms with Crippen LogP contribution in [0.2, 0.25) is 0 Å². The van der Waals surface area contributed by atoms with E-state index in [0.717, 1.165) is 56.2 Å². The highest BCUT2D eigenvalue weighted by Crippen LogP contribution is 2.38. The standard InChI is InChI=1S/C20H26N6/c1-2-6-17-15(4-1)12-19(25-24-17)26-11-3-5-16(13-26)22-18-9-10-21-20(23-18)14-7-8-14/h9-10,12,14,16H,1-8,11,13H2,(H,21,22,23). The van der Waals surface area contributed by atoms with Gasteiger partial charge in [0.25, 0.3) is 0 Å². The summed E-state index contributed by atoms with van der Waals surface area (Å²) in [4.78, 5) is 11.5. The minimum absolute atomic E-state index is 0.392. The van der Waals surface area contributed by atoms with Crippen molar-refractivity contribution in [1.29, 1.82) is 0 Å². The number of hydrogen-bond acceptors (Lipinski definition) is 6. The molecule has 136 valence electrons. The van der Waals surface area contributed by atoms with E-state index in [9.17, 15) is 0 Å². The molecule has 2 aromatic rings. The number of nitrogens with one attached hydrogen (secondary N) is 1. The smallest absolute Gasteiger partial charge is 0.151 e. The van der Waals surface area contributed by atoms with Crippen LogP contribution in [0.5, 0.6) is 0 Å². The number of rotatable bonds is 4. The molecule has 1 saturated carbocycles. The van der Waals surface area contributed by atoms with E-state index in [1.54, 1.807) is 0 Å². The summed E-state index contributed by atoms with van der Waals surface area (Å²) in [5.74, 6) is 3.59. The number of fused-ring (bicyclic) bond motifs is 1. The molecule has 2 aliphatic carbocycles.